The summed E-state index contributed by atoms with van der Waals surface area (Å²) in [5, 5.41) is 3.98. The second-order valence-corrected chi connectivity index (χ2v) is 12.2. The molecule has 2 aliphatic rings. The van der Waals surface area contributed by atoms with Crippen molar-refractivity contribution < 1.29 is 31.2 Å². The van der Waals surface area contributed by atoms with Crippen LogP contribution in [0.25, 0.3) is 0 Å². The van der Waals surface area contributed by atoms with Crippen LogP contribution in [0.4, 0.5) is 29.5 Å². The van der Waals surface area contributed by atoms with E-state index in [9.17, 15) is 31.2 Å². The average Bonchev–Trinajstić information content (AvgIpc) is 3.53. The number of hydrogen-bond donors (Lipinski definition) is 1. The molecular formula is C25H33F3N6O4S. The Morgan fingerprint density at radius 2 is 1.74 bits per heavy atom. The van der Waals surface area contributed by atoms with Crippen molar-refractivity contribution in [2.45, 2.75) is 57.8 Å². The Morgan fingerprint density at radius 1 is 1.10 bits per heavy atom. The summed E-state index contributed by atoms with van der Waals surface area (Å²) in [6.45, 7) is 5.50. The van der Waals surface area contributed by atoms with Gasteiger partial charge in [-0.2, -0.15) is 17.9 Å². The Labute approximate surface area is 225 Å². The van der Waals surface area contributed by atoms with Crippen molar-refractivity contribution in [1.29, 1.82) is 0 Å². The Balaban J connectivity index is 1.50. The Kier molecular flexibility index (Phi) is 7.88. The van der Waals surface area contributed by atoms with Gasteiger partial charge in [0.15, 0.2) is 5.82 Å². The van der Waals surface area contributed by atoms with Gasteiger partial charge in [0.1, 0.15) is 0 Å². The largest absolute Gasteiger partial charge is 0.416 e. The van der Waals surface area contributed by atoms with Gasteiger partial charge in [0.05, 0.1) is 11.8 Å². The maximum Gasteiger partial charge on any atom is 0.416 e. The molecule has 39 heavy (non-hydrogen) atoms. The summed E-state index contributed by atoms with van der Waals surface area (Å²) in [4.78, 5) is 31.0. The highest BCUT2D eigenvalue weighted by atomic mass is 32.2. The first kappa shape index (κ1) is 28.7. The SMILES string of the molecule is CC(=O)N(Cc1ccc(C(F)(F)F)cc1N1CCCC1)C1(C)CCN(C(=O)n2ccc(NS(C)(=O)=O)n2)CC1. The van der Waals surface area contributed by atoms with Gasteiger partial charge in [-0.25, -0.2) is 13.2 Å². The zero-order valence-electron chi connectivity index (χ0n) is 22.2. The lowest BCUT2D eigenvalue weighted by molar-refractivity contribution is -0.138. The van der Waals surface area contributed by atoms with Crippen LogP contribution in [0.15, 0.2) is 30.5 Å². The van der Waals surface area contributed by atoms with E-state index in [4.69, 9.17) is 0 Å². The molecule has 2 aromatic rings. The Hall–Kier alpha value is -3.29. The number of anilines is 2. The summed E-state index contributed by atoms with van der Waals surface area (Å²) in [5.74, 6) is -0.172. The van der Waals surface area contributed by atoms with Crippen molar-refractivity contribution in [2.75, 3.05) is 42.1 Å². The average molecular weight is 571 g/mol. The molecule has 1 aromatic carbocycles. The first-order chi connectivity index (χ1) is 18.2. The lowest BCUT2D eigenvalue weighted by Crippen LogP contribution is -2.56. The molecule has 2 saturated heterocycles. The van der Waals surface area contributed by atoms with Crippen LogP contribution >= 0.6 is 0 Å². The number of benzene rings is 1. The van der Waals surface area contributed by atoms with Gasteiger partial charge in [-0.05, 0) is 50.3 Å². The van der Waals surface area contributed by atoms with Crippen LogP contribution in [-0.2, 0) is 27.5 Å². The number of alkyl halides is 3. The number of rotatable bonds is 6. The molecular weight excluding hydrogens is 537 g/mol. The highest BCUT2D eigenvalue weighted by molar-refractivity contribution is 7.92. The molecule has 3 heterocycles. The van der Waals surface area contributed by atoms with E-state index in [0.717, 1.165) is 29.8 Å². The normalized spacial score (nSPS) is 17.8. The van der Waals surface area contributed by atoms with Gasteiger partial charge in [-0.1, -0.05) is 6.07 Å². The van der Waals surface area contributed by atoms with Crippen molar-refractivity contribution in [3.63, 3.8) is 0 Å². The highest BCUT2D eigenvalue weighted by Crippen LogP contribution is 2.37. The minimum absolute atomic E-state index is 0.0285. The zero-order valence-corrected chi connectivity index (χ0v) is 23.0. The van der Waals surface area contributed by atoms with Gasteiger partial charge in [-0.3, -0.25) is 9.52 Å². The van der Waals surface area contributed by atoms with Crippen LogP contribution in [0.2, 0.25) is 0 Å². The summed E-state index contributed by atoms with van der Waals surface area (Å²) >= 11 is 0. The van der Waals surface area contributed by atoms with Crippen LogP contribution < -0.4 is 9.62 Å². The summed E-state index contributed by atoms with van der Waals surface area (Å²) < 4.78 is 66.5. The molecule has 2 aliphatic heterocycles. The highest BCUT2D eigenvalue weighted by Gasteiger charge is 2.39. The third kappa shape index (κ3) is 6.65. The summed E-state index contributed by atoms with van der Waals surface area (Å²) in [6.07, 6.45) is 0.594. The van der Waals surface area contributed by atoms with E-state index in [0.29, 0.717) is 50.3 Å². The third-order valence-electron chi connectivity index (χ3n) is 7.41. The van der Waals surface area contributed by atoms with Crippen LogP contribution in [0, 0.1) is 0 Å². The smallest absolute Gasteiger partial charge is 0.371 e. The van der Waals surface area contributed by atoms with Crippen LogP contribution in [0.1, 0.15) is 50.7 Å². The number of likely N-dealkylation sites (tertiary alicyclic amines) is 1. The van der Waals surface area contributed by atoms with Gasteiger partial charge in [0.2, 0.25) is 15.9 Å². The number of aromatic nitrogens is 2. The summed E-state index contributed by atoms with van der Waals surface area (Å²) in [7, 11) is -3.54. The molecule has 0 unspecified atom stereocenters. The Bertz CT molecular complexity index is 1330. The predicted octanol–water partition coefficient (Wildman–Crippen LogP) is 3.74. The van der Waals surface area contributed by atoms with E-state index in [1.54, 1.807) is 9.80 Å². The maximum absolute atomic E-state index is 13.5. The third-order valence-corrected chi connectivity index (χ3v) is 7.99. The van der Waals surface area contributed by atoms with Crippen molar-refractivity contribution >= 4 is 33.5 Å². The molecule has 1 aromatic heterocycles. The van der Waals surface area contributed by atoms with Gasteiger partial charge in [-0.15, -0.1) is 5.10 Å². The number of sulfonamides is 1. The fraction of sp³-hybridized carbons (Fsp3) is 0.560. The lowest BCUT2D eigenvalue weighted by atomic mass is 9.87. The molecule has 0 radical (unpaired) electrons. The summed E-state index contributed by atoms with van der Waals surface area (Å²) in [6, 6.07) is 4.67. The van der Waals surface area contributed by atoms with Gasteiger partial charge in [0, 0.05) is 63.1 Å². The molecule has 10 nitrogen and oxygen atoms in total. The second kappa shape index (κ2) is 10.7. The fourth-order valence-electron chi connectivity index (χ4n) is 5.25. The van der Waals surface area contributed by atoms with Crippen molar-refractivity contribution in [2.24, 2.45) is 0 Å². The molecule has 14 heteroatoms. The maximum atomic E-state index is 13.5. The number of carbonyl (C=O) groups excluding carboxylic acids is 2. The van der Waals surface area contributed by atoms with Crippen LogP contribution in [-0.4, -0.2) is 77.9 Å². The first-order valence-electron chi connectivity index (χ1n) is 12.7. The number of carbonyl (C=O) groups is 2. The van der Waals surface area contributed by atoms with Gasteiger partial charge in [0.25, 0.3) is 0 Å². The number of nitrogens with zero attached hydrogens (tertiary/aromatic N) is 5. The molecule has 2 fully saturated rings. The minimum Gasteiger partial charge on any atom is -0.371 e. The van der Waals surface area contributed by atoms with Crippen molar-refractivity contribution in [1.82, 2.24) is 19.6 Å². The molecule has 0 bridgehead atoms. The molecule has 2 amide bonds. The first-order valence-corrected chi connectivity index (χ1v) is 14.6. The molecule has 0 atom stereocenters. The lowest BCUT2D eigenvalue weighted by Gasteiger charge is -2.46. The van der Waals surface area contributed by atoms with E-state index in [2.05, 4.69) is 9.82 Å². The quantitative estimate of drug-likeness (QED) is 0.567. The monoisotopic (exact) mass is 570 g/mol. The Morgan fingerprint density at radius 3 is 2.31 bits per heavy atom. The van der Waals surface area contributed by atoms with Crippen LogP contribution in [0.3, 0.4) is 0 Å². The molecule has 4 rings (SSSR count). The molecule has 0 spiro atoms. The number of piperidine rings is 1. The number of halogens is 3. The van der Waals surface area contributed by atoms with E-state index < -0.39 is 33.3 Å². The number of amides is 2. The van der Waals surface area contributed by atoms with Gasteiger partial charge < -0.3 is 14.7 Å². The standard InChI is InChI=1S/C25H33F3N6O4S/c1-18(35)33(17-19-6-7-20(25(26,27)28)16-21(19)31-11-4-5-12-31)24(2)9-14-32(15-10-24)23(36)34-13-8-22(29-34)30-39(3,37)38/h6-8,13,16H,4-5,9-12,14-15,17H2,1-3H3,(H,29,30). The van der Waals surface area contributed by atoms with E-state index in [1.807, 2.05) is 11.8 Å². The van der Waals surface area contributed by atoms with Crippen molar-refractivity contribution in [3.05, 3.63) is 41.6 Å². The zero-order chi connectivity index (χ0) is 28.6. The van der Waals surface area contributed by atoms with E-state index in [1.165, 1.54) is 31.3 Å². The number of hydrogen-bond acceptors (Lipinski definition) is 6. The van der Waals surface area contributed by atoms with E-state index in [-0.39, 0.29) is 18.3 Å². The summed E-state index contributed by atoms with van der Waals surface area (Å²) in [5.41, 5.74) is -0.181. The minimum atomic E-state index is -4.46. The predicted molar refractivity (Wildman–Crippen MR) is 140 cm³/mol. The molecule has 1 N–H and O–H groups in total. The number of nitrogens with one attached hydrogen (secondary N) is 1. The molecule has 214 valence electrons. The second-order valence-electron chi connectivity index (χ2n) is 10.4. The van der Waals surface area contributed by atoms with E-state index >= 15 is 0 Å². The topological polar surface area (TPSA) is 108 Å². The molecule has 0 saturated carbocycles. The van der Waals surface area contributed by atoms with Crippen molar-refractivity contribution in [3.8, 4) is 0 Å². The van der Waals surface area contributed by atoms with Gasteiger partial charge >= 0.3 is 12.2 Å². The fourth-order valence-corrected chi connectivity index (χ4v) is 5.74. The van der Waals surface area contributed by atoms with Crippen LogP contribution in [0.5, 0.6) is 0 Å². The molecule has 0 aliphatic carbocycles.